The van der Waals surface area contributed by atoms with Crippen LogP contribution in [-0.2, 0) is 13.0 Å². The van der Waals surface area contributed by atoms with Gasteiger partial charge in [0.15, 0.2) is 0 Å². The van der Waals surface area contributed by atoms with Gasteiger partial charge in [0, 0.05) is 11.4 Å². The molecule has 1 aromatic heterocycles. The quantitative estimate of drug-likeness (QED) is 0.788. The molecule has 2 rings (SSSR count). The van der Waals surface area contributed by atoms with Gasteiger partial charge in [-0.15, -0.1) is 0 Å². The zero-order valence-electron chi connectivity index (χ0n) is 13.8. The molecule has 22 heavy (non-hydrogen) atoms. The van der Waals surface area contributed by atoms with Crippen molar-refractivity contribution in [2.24, 2.45) is 0 Å². The van der Waals surface area contributed by atoms with Gasteiger partial charge in [0.2, 0.25) is 0 Å². The second-order valence-electron chi connectivity index (χ2n) is 5.59. The third-order valence-electron chi connectivity index (χ3n) is 4.01. The van der Waals surface area contributed by atoms with Gasteiger partial charge in [0.25, 0.3) is 0 Å². The Bertz CT molecular complexity index is 627. The van der Waals surface area contributed by atoms with Crippen molar-refractivity contribution in [3.63, 3.8) is 0 Å². The summed E-state index contributed by atoms with van der Waals surface area (Å²) in [6.45, 7) is 9.50. The summed E-state index contributed by atoms with van der Waals surface area (Å²) in [4.78, 5) is 18.4. The number of H-pyrrole nitrogens is 1. The molecule has 0 saturated heterocycles. The second-order valence-corrected chi connectivity index (χ2v) is 6.65. The Balaban J connectivity index is 2.23. The summed E-state index contributed by atoms with van der Waals surface area (Å²) in [7, 11) is 0. The van der Waals surface area contributed by atoms with E-state index >= 15 is 0 Å². The lowest BCUT2D eigenvalue weighted by Gasteiger charge is -2.19. The van der Waals surface area contributed by atoms with E-state index in [1.165, 1.54) is 29.7 Å². The van der Waals surface area contributed by atoms with Gasteiger partial charge >= 0.3 is 4.87 Å². The predicted molar refractivity (Wildman–Crippen MR) is 95.6 cm³/mol. The number of aromatic amines is 1. The Morgan fingerprint density at radius 3 is 2.45 bits per heavy atom. The minimum atomic E-state index is 0.0381. The Morgan fingerprint density at radius 2 is 1.86 bits per heavy atom. The maximum atomic E-state index is 11.8. The van der Waals surface area contributed by atoms with Crippen molar-refractivity contribution in [2.45, 2.75) is 46.6 Å². The van der Waals surface area contributed by atoms with E-state index in [2.05, 4.69) is 54.9 Å². The fourth-order valence-electron chi connectivity index (χ4n) is 2.55. The van der Waals surface area contributed by atoms with E-state index in [0.717, 1.165) is 42.2 Å². The van der Waals surface area contributed by atoms with Crippen LogP contribution in [0.4, 0.5) is 0 Å². The summed E-state index contributed by atoms with van der Waals surface area (Å²) in [6.07, 6.45) is 3.44. The van der Waals surface area contributed by atoms with Crippen LogP contribution in [0.3, 0.4) is 0 Å². The first kappa shape index (κ1) is 17.0. The highest BCUT2D eigenvalue weighted by Crippen LogP contribution is 2.25. The molecule has 0 radical (unpaired) electrons. The molecule has 1 N–H and O–H groups in total. The van der Waals surface area contributed by atoms with Gasteiger partial charge < -0.3 is 4.98 Å². The van der Waals surface area contributed by atoms with Crippen LogP contribution in [0.15, 0.2) is 29.1 Å². The Labute approximate surface area is 137 Å². The molecule has 0 unspecified atom stereocenters. The number of aromatic nitrogens is 1. The molecule has 0 bridgehead atoms. The summed E-state index contributed by atoms with van der Waals surface area (Å²) in [6, 6.07) is 8.51. The summed E-state index contributed by atoms with van der Waals surface area (Å²) >= 11 is 1.34. The molecule has 0 spiro atoms. The smallest absolute Gasteiger partial charge is 0.305 e. The molecular formula is C18H26N2OS. The Morgan fingerprint density at radius 1 is 1.14 bits per heavy atom. The molecule has 0 fully saturated rings. The molecule has 4 heteroatoms. The van der Waals surface area contributed by atoms with Gasteiger partial charge in [-0.25, -0.2) is 0 Å². The van der Waals surface area contributed by atoms with Crippen LogP contribution in [0.25, 0.3) is 11.3 Å². The van der Waals surface area contributed by atoms with E-state index in [1.54, 1.807) is 0 Å². The van der Waals surface area contributed by atoms with Crippen molar-refractivity contribution >= 4 is 11.3 Å². The number of hydrogen-bond donors (Lipinski definition) is 1. The van der Waals surface area contributed by atoms with E-state index in [-0.39, 0.29) is 4.87 Å². The third kappa shape index (κ3) is 4.31. The fourth-order valence-corrected chi connectivity index (χ4v) is 3.44. The summed E-state index contributed by atoms with van der Waals surface area (Å²) in [5, 5.41) is 0. The largest absolute Gasteiger partial charge is 0.312 e. The average molecular weight is 318 g/mol. The number of rotatable bonds is 8. The predicted octanol–water partition coefficient (Wildman–Crippen LogP) is 4.29. The molecule has 1 heterocycles. The highest BCUT2D eigenvalue weighted by atomic mass is 32.1. The minimum absolute atomic E-state index is 0.0381. The molecule has 1 aromatic carbocycles. The molecule has 0 aliphatic heterocycles. The first-order chi connectivity index (χ1) is 10.7. The molecular weight excluding hydrogens is 292 g/mol. The van der Waals surface area contributed by atoms with Crippen LogP contribution in [0.5, 0.6) is 0 Å². The van der Waals surface area contributed by atoms with Crippen LogP contribution in [0.2, 0.25) is 0 Å². The lowest BCUT2D eigenvalue weighted by molar-refractivity contribution is 0.278. The van der Waals surface area contributed by atoms with E-state index < -0.39 is 0 Å². The Kier molecular flexibility index (Phi) is 6.40. The standard InChI is InChI=1S/C18H26N2OS/c1-4-7-12-20(6-3)13-16-17(19-18(21)22-16)15-10-8-14(5-2)9-11-15/h8-11H,4-7,12-13H2,1-3H3,(H,19,21). The van der Waals surface area contributed by atoms with Gasteiger partial charge in [-0.3, -0.25) is 9.69 Å². The van der Waals surface area contributed by atoms with Gasteiger partial charge in [-0.2, -0.15) is 0 Å². The van der Waals surface area contributed by atoms with Gasteiger partial charge in [0.05, 0.1) is 5.69 Å². The number of hydrogen-bond acceptors (Lipinski definition) is 3. The van der Waals surface area contributed by atoms with Crippen molar-refractivity contribution in [1.29, 1.82) is 0 Å². The van der Waals surface area contributed by atoms with Crippen molar-refractivity contribution in [3.8, 4) is 11.3 Å². The molecule has 2 aromatic rings. The zero-order chi connectivity index (χ0) is 15.9. The summed E-state index contributed by atoms with van der Waals surface area (Å²) in [5.74, 6) is 0. The van der Waals surface area contributed by atoms with Crippen molar-refractivity contribution in [1.82, 2.24) is 9.88 Å². The summed E-state index contributed by atoms with van der Waals surface area (Å²) < 4.78 is 0. The van der Waals surface area contributed by atoms with Crippen LogP contribution >= 0.6 is 11.3 Å². The molecule has 0 saturated carbocycles. The van der Waals surface area contributed by atoms with Crippen molar-refractivity contribution < 1.29 is 0 Å². The Hall–Kier alpha value is -1.39. The average Bonchev–Trinajstić information content (AvgIpc) is 2.92. The van der Waals surface area contributed by atoms with Crippen LogP contribution in [0, 0.1) is 0 Å². The highest BCUT2D eigenvalue weighted by molar-refractivity contribution is 7.09. The molecule has 0 aliphatic rings. The number of benzene rings is 1. The van der Waals surface area contributed by atoms with Crippen LogP contribution in [0.1, 0.15) is 44.1 Å². The lowest BCUT2D eigenvalue weighted by Crippen LogP contribution is -2.23. The molecule has 0 atom stereocenters. The van der Waals surface area contributed by atoms with Crippen molar-refractivity contribution in [3.05, 3.63) is 44.4 Å². The van der Waals surface area contributed by atoms with Gasteiger partial charge in [-0.1, -0.05) is 62.8 Å². The zero-order valence-corrected chi connectivity index (χ0v) is 14.6. The summed E-state index contributed by atoms with van der Waals surface area (Å²) in [5.41, 5.74) is 3.42. The van der Waals surface area contributed by atoms with E-state index in [0.29, 0.717) is 0 Å². The van der Waals surface area contributed by atoms with Crippen LogP contribution in [-0.4, -0.2) is 23.0 Å². The highest BCUT2D eigenvalue weighted by Gasteiger charge is 2.13. The number of unbranched alkanes of at least 4 members (excludes halogenated alkanes) is 1. The van der Waals surface area contributed by atoms with Gasteiger partial charge in [-0.05, 0) is 37.1 Å². The second kappa shape index (κ2) is 8.30. The number of nitrogens with one attached hydrogen (secondary N) is 1. The van der Waals surface area contributed by atoms with Crippen molar-refractivity contribution in [2.75, 3.05) is 13.1 Å². The van der Waals surface area contributed by atoms with E-state index in [1.807, 2.05) is 0 Å². The van der Waals surface area contributed by atoms with Crippen LogP contribution < -0.4 is 4.87 Å². The first-order valence-electron chi connectivity index (χ1n) is 8.21. The molecule has 0 aliphatic carbocycles. The lowest BCUT2D eigenvalue weighted by atomic mass is 10.1. The minimum Gasteiger partial charge on any atom is -0.312 e. The topological polar surface area (TPSA) is 36.1 Å². The number of thiazole rings is 1. The molecule has 0 amide bonds. The van der Waals surface area contributed by atoms with Gasteiger partial charge in [0.1, 0.15) is 0 Å². The maximum absolute atomic E-state index is 11.8. The fraction of sp³-hybridized carbons (Fsp3) is 0.500. The van der Waals surface area contributed by atoms with E-state index in [4.69, 9.17) is 0 Å². The number of aryl methyl sites for hydroxylation is 1. The maximum Gasteiger partial charge on any atom is 0.305 e. The monoisotopic (exact) mass is 318 g/mol. The number of nitrogens with zero attached hydrogens (tertiary/aromatic N) is 1. The molecule has 120 valence electrons. The van der Waals surface area contributed by atoms with E-state index in [9.17, 15) is 4.79 Å². The molecule has 3 nitrogen and oxygen atoms in total. The normalized spacial score (nSPS) is 11.3. The third-order valence-corrected chi connectivity index (χ3v) is 4.88. The SMILES string of the molecule is CCCCN(CC)Cc1sc(=O)[nH]c1-c1ccc(CC)cc1. The first-order valence-corrected chi connectivity index (χ1v) is 9.03.